The highest BCUT2D eigenvalue weighted by Crippen LogP contribution is 2.42. The summed E-state index contributed by atoms with van der Waals surface area (Å²) in [6.45, 7) is 0. The summed E-state index contributed by atoms with van der Waals surface area (Å²) in [6, 6.07) is 56.6. The van der Waals surface area contributed by atoms with Crippen LogP contribution in [0.3, 0.4) is 0 Å². The zero-order valence-electron chi connectivity index (χ0n) is 27.2. The molecule has 5 nitrogen and oxygen atoms in total. The van der Waals surface area contributed by atoms with Crippen LogP contribution in [0.15, 0.2) is 173 Å². The van der Waals surface area contributed by atoms with Crippen LogP contribution in [0.1, 0.15) is 0 Å². The van der Waals surface area contributed by atoms with E-state index in [2.05, 4.69) is 114 Å². The Morgan fingerprint density at radius 2 is 1.00 bits per heavy atom. The summed E-state index contributed by atoms with van der Waals surface area (Å²) in [5.41, 5.74) is 11.4. The van der Waals surface area contributed by atoms with Crippen molar-refractivity contribution in [3.8, 4) is 39.6 Å². The number of fused-ring (bicyclic) bond motifs is 10. The van der Waals surface area contributed by atoms with Crippen LogP contribution in [0.2, 0.25) is 0 Å². The molecule has 51 heavy (non-hydrogen) atoms. The van der Waals surface area contributed by atoms with E-state index in [9.17, 15) is 0 Å². The predicted octanol–water partition coefficient (Wildman–Crippen LogP) is 12.4. The molecule has 0 saturated carbocycles. The summed E-state index contributed by atoms with van der Waals surface area (Å²) >= 11 is 0. The summed E-state index contributed by atoms with van der Waals surface area (Å²) in [5, 5.41) is 6.53. The minimum absolute atomic E-state index is 0.683. The van der Waals surface area contributed by atoms with Gasteiger partial charge in [-0.25, -0.2) is 9.97 Å². The number of hydrogen-bond donors (Lipinski definition) is 0. The van der Waals surface area contributed by atoms with Crippen LogP contribution in [-0.4, -0.2) is 14.5 Å². The first kappa shape index (κ1) is 27.9. The van der Waals surface area contributed by atoms with Crippen molar-refractivity contribution in [2.24, 2.45) is 0 Å². The number of para-hydroxylation sites is 2. The third-order valence-electron chi connectivity index (χ3n) is 10.0. The SMILES string of the molecule is c1ccc(-c2cc(-c3ccc4oc5ccc6c7cc(-n8c9ccccc9c9ccccc98)ccc7oc6c5c4c3)nc(-c3ccccc3)n2)cc1. The Bertz CT molecular complexity index is 3020. The summed E-state index contributed by atoms with van der Waals surface area (Å²) in [7, 11) is 0. The molecule has 0 saturated heterocycles. The second kappa shape index (κ2) is 10.8. The highest BCUT2D eigenvalue weighted by Gasteiger charge is 2.19. The Kier molecular flexibility index (Phi) is 5.89. The fraction of sp³-hybridized carbons (Fsp3) is 0. The first-order chi connectivity index (χ1) is 25.3. The molecule has 7 aromatic carbocycles. The van der Waals surface area contributed by atoms with Gasteiger partial charge in [0.05, 0.1) is 27.8 Å². The molecular formula is C46H27N3O2. The van der Waals surface area contributed by atoms with Crippen molar-refractivity contribution >= 4 is 65.7 Å². The lowest BCUT2D eigenvalue weighted by molar-refractivity contribution is 0.663. The lowest BCUT2D eigenvalue weighted by Crippen LogP contribution is -1.95. The molecule has 0 aliphatic rings. The highest BCUT2D eigenvalue weighted by molar-refractivity contribution is 6.22. The molecule has 0 N–H and O–H groups in total. The van der Waals surface area contributed by atoms with E-state index in [0.717, 1.165) is 77.6 Å². The van der Waals surface area contributed by atoms with E-state index in [4.69, 9.17) is 18.8 Å². The van der Waals surface area contributed by atoms with Gasteiger partial charge in [0.1, 0.15) is 22.3 Å². The van der Waals surface area contributed by atoms with Crippen LogP contribution >= 0.6 is 0 Å². The van der Waals surface area contributed by atoms with Gasteiger partial charge in [-0.05, 0) is 66.7 Å². The quantitative estimate of drug-likeness (QED) is 0.190. The Hall–Kier alpha value is -6.98. The second-order valence-corrected chi connectivity index (χ2v) is 13.0. The largest absolute Gasteiger partial charge is 0.456 e. The van der Waals surface area contributed by atoms with Gasteiger partial charge in [0.2, 0.25) is 0 Å². The van der Waals surface area contributed by atoms with Gasteiger partial charge in [0.25, 0.3) is 0 Å². The van der Waals surface area contributed by atoms with Crippen LogP contribution in [0.4, 0.5) is 0 Å². The molecule has 4 aromatic heterocycles. The minimum atomic E-state index is 0.683. The Balaban J connectivity index is 1.11. The molecule has 0 bridgehead atoms. The van der Waals surface area contributed by atoms with Gasteiger partial charge >= 0.3 is 0 Å². The number of rotatable bonds is 4. The number of benzene rings is 7. The average Bonchev–Trinajstić information content (AvgIpc) is 3.87. The van der Waals surface area contributed by atoms with Crippen molar-refractivity contribution in [3.05, 3.63) is 164 Å². The summed E-state index contributed by atoms with van der Waals surface area (Å²) < 4.78 is 15.4. The van der Waals surface area contributed by atoms with E-state index in [0.29, 0.717) is 5.82 Å². The zero-order valence-corrected chi connectivity index (χ0v) is 27.2. The monoisotopic (exact) mass is 653 g/mol. The molecule has 0 radical (unpaired) electrons. The standard InChI is InChI=1S/C46H27N3O2/c1-3-11-28(12-4-1)37-27-38(48-46(47-37)29-13-5-2-6-14-29)30-19-22-42-36(25-30)44-43(50-42)24-21-34-35-26-31(20-23-41(35)51-45(34)44)49-39-17-9-7-15-32(39)33-16-8-10-18-40(33)49/h1-27H. The molecule has 0 unspecified atom stereocenters. The fourth-order valence-corrected chi connectivity index (χ4v) is 7.65. The van der Waals surface area contributed by atoms with Gasteiger partial charge in [0, 0.05) is 49.3 Å². The van der Waals surface area contributed by atoms with Gasteiger partial charge in [-0.3, -0.25) is 0 Å². The molecule has 0 atom stereocenters. The maximum atomic E-state index is 6.68. The van der Waals surface area contributed by atoms with E-state index in [1.807, 2.05) is 54.6 Å². The van der Waals surface area contributed by atoms with Crippen molar-refractivity contribution in [1.82, 2.24) is 14.5 Å². The van der Waals surface area contributed by atoms with E-state index in [1.54, 1.807) is 0 Å². The van der Waals surface area contributed by atoms with Crippen molar-refractivity contribution in [1.29, 1.82) is 0 Å². The normalized spacial score (nSPS) is 11.9. The molecule has 0 aliphatic heterocycles. The molecule has 0 spiro atoms. The van der Waals surface area contributed by atoms with E-state index >= 15 is 0 Å². The van der Waals surface area contributed by atoms with E-state index in [1.165, 1.54) is 21.8 Å². The number of furan rings is 2. The average molecular weight is 654 g/mol. The lowest BCUT2D eigenvalue weighted by atomic mass is 10.0. The van der Waals surface area contributed by atoms with Gasteiger partial charge in [-0.2, -0.15) is 0 Å². The van der Waals surface area contributed by atoms with Crippen molar-refractivity contribution in [2.45, 2.75) is 0 Å². The number of nitrogens with zero attached hydrogens (tertiary/aromatic N) is 3. The smallest absolute Gasteiger partial charge is 0.160 e. The lowest BCUT2D eigenvalue weighted by Gasteiger charge is -2.09. The van der Waals surface area contributed by atoms with Crippen LogP contribution < -0.4 is 0 Å². The van der Waals surface area contributed by atoms with Gasteiger partial charge < -0.3 is 13.4 Å². The van der Waals surface area contributed by atoms with Crippen LogP contribution in [0.5, 0.6) is 0 Å². The third-order valence-corrected chi connectivity index (χ3v) is 10.0. The molecule has 0 aliphatic carbocycles. The van der Waals surface area contributed by atoms with E-state index < -0.39 is 0 Å². The summed E-state index contributed by atoms with van der Waals surface area (Å²) in [6.07, 6.45) is 0. The van der Waals surface area contributed by atoms with Crippen molar-refractivity contribution in [2.75, 3.05) is 0 Å². The van der Waals surface area contributed by atoms with Crippen molar-refractivity contribution < 1.29 is 8.83 Å². The first-order valence-corrected chi connectivity index (χ1v) is 17.1. The molecule has 11 aromatic rings. The topological polar surface area (TPSA) is 57.0 Å². The Labute approximate surface area is 291 Å². The van der Waals surface area contributed by atoms with Gasteiger partial charge in [-0.15, -0.1) is 0 Å². The minimum Gasteiger partial charge on any atom is -0.456 e. The maximum Gasteiger partial charge on any atom is 0.160 e. The number of aromatic nitrogens is 3. The Morgan fingerprint density at radius 3 is 1.75 bits per heavy atom. The highest BCUT2D eigenvalue weighted by atomic mass is 16.3. The molecule has 4 heterocycles. The van der Waals surface area contributed by atoms with Crippen LogP contribution in [0, 0.1) is 0 Å². The van der Waals surface area contributed by atoms with Gasteiger partial charge in [-0.1, -0.05) is 97.1 Å². The molecule has 0 amide bonds. The molecule has 238 valence electrons. The molecule has 11 rings (SSSR count). The van der Waals surface area contributed by atoms with Gasteiger partial charge in [0.15, 0.2) is 5.82 Å². The zero-order chi connectivity index (χ0) is 33.5. The maximum absolute atomic E-state index is 6.68. The molecule has 0 fully saturated rings. The summed E-state index contributed by atoms with van der Waals surface area (Å²) in [4.78, 5) is 10.1. The van der Waals surface area contributed by atoms with E-state index in [-0.39, 0.29) is 0 Å². The molecule has 5 heteroatoms. The summed E-state index contributed by atoms with van der Waals surface area (Å²) in [5.74, 6) is 0.683. The van der Waals surface area contributed by atoms with Crippen LogP contribution in [0.25, 0.3) is 105 Å². The molecular weight excluding hydrogens is 627 g/mol. The fourth-order valence-electron chi connectivity index (χ4n) is 7.65. The second-order valence-electron chi connectivity index (χ2n) is 13.0. The third kappa shape index (κ3) is 4.28. The van der Waals surface area contributed by atoms with Crippen LogP contribution in [-0.2, 0) is 0 Å². The number of hydrogen-bond acceptors (Lipinski definition) is 4. The Morgan fingerprint density at radius 1 is 0.392 bits per heavy atom. The van der Waals surface area contributed by atoms with Crippen molar-refractivity contribution in [3.63, 3.8) is 0 Å². The predicted molar refractivity (Wildman–Crippen MR) is 207 cm³/mol. The first-order valence-electron chi connectivity index (χ1n) is 17.1.